The minimum atomic E-state index is -0.248. The number of carbonyl (C=O) groups is 2. The molecule has 1 heterocycles. The average molecular weight is 475 g/mol. The lowest BCUT2D eigenvalue weighted by Gasteiger charge is -2.22. The minimum absolute atomic E-state index is 0.0186. The predicted octanol–water partition coefficient (Wildman–Crippen LogP) is 6.13. The monoisotopic (exact) mass is 474 g/mol. The smallest absolute Gasteiger partial charge is 0.255 e. The summed E-state index contributed by atoms with van der Waals surface area (Å²) in [6, 6.07) is 24.5. The lowest BCUT2D eigenvalue weighted by molar-refractivity contribution is 0.0762. The highest BCUT2D eigenvalue weighted by Crippen LogP contribution is 2.22. The summed E-state index contributed by atoms with van der Waals surface area (Å²) in [6.45, 7) is 2.12. The van der Waals surface area contributed by atoms with E-state index in [2.05, 4.69) is 17.4 Å². The van der Waals surface area contributed by atoms with Crippen LogP contribution in [-0.2, 0) is 0 Å². The van der Waals surface area contributed by atoms with Crippen molar-refractivity contribution < 1.29 is 14.3 Å². The van der Waals surface area contributed by atoms with Crippen molar-refractivity contribution in [3.05, 3.63) is 90.0 Å². The van der Waals surface area contributed by atoms with Crippen LogP contribution in [0.3, 0.4) is 0 Å². The molecule has 2 amide bonds. The zero-order valence-electron chi connectivity index (χ0n) is 19.2. The SMILES string of the molecule is O=C(Nc1ccccc1C(=O)N1CCCCCC1)c1ccc(OCCSc2ccccc2)cc1. The van der Waals surface area contributed by atoms with Crippen molar-refractivity contribution in [1.29, 1.82) is 0 Å². The van der Waals surface area contributed by atoms with Crippen LogP contribution < -0.4 is 10.1 Å². The van der Waals surface area contributed by atoms with E-state index in [-0.39, 0.29) is 11.8 Å². The van der Waals surface area contributed by atoms with Crippen LogP contribution in [0, 0.1) is 0 Å². The summed E-state index contributed by atoms with van der Waals surface area (Å²) in [6.07, 6.45) is 4.38. The summed E-state index contributed by atoms with van der Waals surface area (Å²) in [5, 5.41) is 2.92. The number of benzene rings is 3. The van der Waals surface area contributed by atoms with Gasteiger partial charge >= 0.3 is 0 Å². The molecule has 0 spiro atoms. The Morgan fingerprint density at radius 3 is 2.24 bits per heavy atom. The molecule has 3 aromatic rings. The number of thioether (sulfide) groups is 1. The van der Waals surface area contributed by atoms with Crippen molar-refractivity contribution in [2.75, 3.05) is 30.8 Å². The number of para-hydroxylation sites is 1. The minimum Gasteiger partial charge on any atom is -0.493 e. The second-order valence-electron chi connectivity index (χ2n) is 8.24. The summed E-state index contributed by atoms with van der Waals surface area (Å²) < 4.78 is 5.81. The maximum atomic E-state index is 13.1. The Kier molecular flexibility index (Phi) is 8.63. The van der Waals surface area contributed by atoms with Crippen LogP contribution in [-0.4, -0.2) is 42.2 Å². The second kappa shape index (κ2) is 12.3. The number of anilines is 1. The van der Waals surface area contributed by atoms with Crippen molar-refractivity contribution in [3.8, 4) is 5.75 Å². The van der Waals surface area contributed by atoms with E-state index in [9.17, 15) is 9.59 Å². The van der Waals surface area contributed by atoms with E-state index in [1.54, 1.807) is 48.2 Å². The molecule has 0 aromatic heterocycles. The first-order chi connectivity index (χ1) is 16.7. The molecule has 0 radical (unpaired) electrons. The molecule has 5 nitrogen and oxygen atoms in total. The fourth-order valence-electron chi connectivity index (χ4n) is 3.96. The summed E-state index contributed by atoms with van der Waals surface area (Å²) in [5.41, 5.74) is 1.59. The van der Waals surface area contributed by atoms with Crippen LogP contribution in [0.2, 0.25) is 0 Å². The number of rotatable bonds is 8. The van der Waals surface area contributed by atoms with E-state index in [1.165, 1.54) is 4.90 Å². The van der Waals surface area contributed by atoms with Gasteiger partial charge in [-0.1, -0.05) is 43.2 Å². The maximum Gasteiger partial charge on any atom is 0.255 e. The van der Waals surface area contributed by atoms with Crippen LogP contribution in [0.25, 0.3) is 0 Å². The first kappa shape index (κ1) is 23.9. The molecule has 1 aliphatic rings. The molecule has 0 atom stereocenters. The van der Waals surface area contributed by atoms with Gasteiger partial charge in [0.15, 0.2) is 0 Å². The van der Waals surface area contributed by atoms with E-state index in [1.807, 2.05) is 35.2 Å². The molecule has 1 aliphatic heterocycles. The Hall–Kier alpha value is -3.25. The molecule has 0 saturated carbocycles. The zero-order chi connectivity index (χ0) is 23.6. The summed E-state index contributed by atoms with van der Waals surface area (Å²) >= 11 is 1.74. The molecule has 4 rings (SSSR count). The molecule has 176 valence electrons. The standard InChI is InChI=1S/C28H30N2O3S/c31-27(22-14-16-23(17-15-22)33-20-21-34-24-10-4-3-5-11-24)29-26-13-7-6-12-25(26)28(32)30-18-8-1-2-9-19-30/h3-7,10-17H,1-2,8-9,18-21H2,(H,29,31). The van der Waals surface area contributed by atoms with Crippen molar-refractivity contribution in [2.24, 2.45) is 0 Å². The molecule has 0 unspecified atom stereocenters. The third-order valence-corrected chi connectivity index (χ3v) is 6.76. The summed E-state index contributed by atoms with van der Waals surface area (Å²) in [5.74, 6) is 1.30. The molecule has 1 N–H and O–H groups in total. The molecule has 34 heavy (non-hydrogen) atoms. The van der Waals surface area contributed by atoms with Crippen LogP contribution in [0.4, 0.5) is 5.69 Å². The number of ether oxygens (including phenoxy) is 1. The Labute approximate surface area is 205 Å². The van der Waals surface area contributed by atoms with Crippen molar-refractivity contribution in [1.82, 2.24) is 4.90 Å². The van der Waals surface area contributed by atoms with Crippen LogP contribution in [0.15, 0.2) is 83.8 Å². The van der Waals surface area contributed by atoms with Gasteiger partial charge in [0.1, 0.15) is 5.75 Å². The fraction of sp³-hybridized carbons (Fsp3) is 0.286. The average Bonchev–Trinajstić information content (AvgIpc) is 3.17. The molecule has 0 aliphatic carbocycles. The predicted molar refractivity (Wildman–Crippen MR) is 138 cm³/mol. The number of hydrogen-bond donors (Lipinski definition) is 1. The van der Waals surface area contributed by atoms with Crippen molar-refractivity contribution >= 4 is 29.3 Å². The summed E-state index contributed by atoms with van der Waals surface area (Å²) in [4.78, 5) is 29.1. The Bertz CT molecular complexity index is 1080. The van der Waals surface area contributed by atoms with Gasteiger partial charge in [-0.25, -0.2) is 0 Å². The highest BCUT2D eigenvalue weighted by molar-refractivity contribution is 7.99. The Morgan fingerprint density at radius 1 is 0.824 bits per heavy atom. The third kappa shape index (κ3) is 6.64. The van der Waals surface area contributed by atoms with Gasteiger partial charge in [0, 0.05) is 29.3 Å². The number of nitrogens with zero attached hydrogens (tertiary/aromatic N) is 1. The van der Waals surface area contributed by atoms with Crippen LogP contribution in [0.5, 0.6) is 5.75 Å². The number of nitrogens with one attached hydrogen (secondary N) is 1. The van der Waals surface area contributed by atoms with E-state index in [0.29, 0.717) is 23.4 Å². The highest BCUT2D eigenvalue weighted by atomic mass is 32.2. The van der Waals surface area contributed by atoms with Gasteiger partial charge in [0.25, 0.3) is 11.8 Å². The van der Waals surface area contributed by atoms with Gasteiger partial charge in [0.05, 0.1) is 17.9 Å². The topological polar surface area (TPSA) is 58.6 Å². The molecular weight excluding hydrogens is 444 g/mol. The molecule has 0 bridgehead atoms. The second-order valence-corrected chi connectivity index (χ2v) is 9.41. The molecule has 6 heteroatoms. The normalized spacial score (nSPS) is 13.7. The van der Waals surface area contributed by atoms with E-state index < -0.39 is 0 Å². The van der Waals surface area contributed by atoms with Crippen molar-refractivity contribution in [3.63, 3.8) is 0 Å². The lowest BCUT2D eigenvalue weighted by Crippen LogP contribution is -2.32. The Balaban J connectivity index is 1.32. The highest BCUT2D eigenvalue weighted by Gasteiger charge is 2.20. The lowest BCUT2D eigenvalue weighted by atomic mass is 10.1. The number of carbonyl (C=O) groups excluding carboxylic acids is 2. The number of likely N-dealkylation sites (tertiary alicyclic amines) is 1. The van der Waals surface area contributed by atoms with Crippen molar-refractivity contribution in [2.45, 2.75) is 30.6 Å². The Morgan fingerprint density at radius 2 is 1.50 bits per heavy atom. The quantitative estimate of drug-likeness (QED) is 0.315. The number of amides is 2. The van der Waals surface area contributed by atoms with E-state index >= 15 is 0 Å². The van der Waals surface area contributed by atoms with E-state index in [4.69, 9.17) is 4.74 Å². The molecule has 1 saturated heterocycles. The fourth-order valence-corrected chi connectivity index (χ4v) is 4.71. The molecule has 1 fully saturated rings. The zero-order valence-corrected chi connectivity index (χ0v) is 20.1. The number of hydrogen-bond acceptors (Lipinski definition) is 4. The molecule has 3 aromatic carbocycles. The van der Waals surface area contributed by atoms with Gasteiger partial charge in [-0.2, -0.15) is 0 Å². The van der Waals surface area contributed by atoms with Crippen LogP contribution in [0.1, 0.15) is 46.4 Å². The van der Waals surface area contributed by atoms with Crippen LogP contribution >= 0.6 is 11.8 Å². The third-order valence-electron chi connectivity index (χ3n) is 5.78. The van der Waals surface area contributed by atoms with Gasteiger partial charge in [-0.15, -0.1) is 11.8 Å². The van der Waals surface area contributed by atoms with Gasteiger partial charge in [-0.05, 0) is 61.4 Å². The van der Waals surface area contributed by atoms with E-state index in [0.717, 1.165) is 50.3 Å². The summed E-state index contributed by atoms with van der Waals surface area (Å²) in [7, 11) is 0. The van der Waals surface area contributed by atoms with Gasteiger partial charge in [-0.3, -0.25) is 9.59 Å². The first-order valence-corrected chi connectivity index (χ1v) is 12.8. The van der Waals surface area contributed by atoms with Gasteiger partial charge in [0.2, 0.25) is 0 Å². The first-order valence-electron chi connectivity index (χ1n) is 11.8. The molecular formula is C28H30N2O3S. The van der Waals surface area contributed by atoms with Gasteiger partial charge < -0.3 is 15.0 Å². The largest absolute Gasteiger partial charge is 0.493 e. The maximum absolute atomic E-state index is 13.1.